The third-order valence-corrected chi connectivity index (χ3v) is 7.78. The molecule has 0 aliphatic heterocycles. The molecule has 1 aromatic carbocycles. The summed E-state index contributed by atoms with van der Waals surface area (Å²) in [6.45, 7) is 5.77. The summed E-state index contributed by atoms with van der Waals surface area (Å²) in [6.07, 6.45) is 3.34. The van der Waals surface area contributed by atoms with Gasteiger partial charge >= 0.3 is 16.2 Å². The van der Waals surface area contributed by atoms with E-state index >= 15 is 0 Å². The normalized spacial score (nSPS) is 23.7. The van der Waals surface area contributed by atoms with Crippen LogP contribution in [0.4, 0.5) is 3.89 Å². The number of fused-ring (bicyclic) bond motifs is 1. The van der Waals surface area contributed by atoms with Gasteiger partial charge in [-0.3, -0.25) is 4.79 Å². The van der Waals surface area contributed by atoms with Crippen molar-refractivity contribution in [2.75, 3.05) is 19.8 Å². The van der Waals surface area contributed by atoms with E-state index in [1.54, 1.807) is 13.0 Å². The first-order chi connectivity index (χ1) is 15.4. The Hall–Kier alpha value is -2.62. The largest absolute Gasteiger partial charge is 0.460 e. The fraction of sp³-hybridized carbons (Fsp3) is 0.417. The molecule has 176 valence electrons. The molecule has 33 heavy (non-hydrogen) atoms. The van der Waals surface area contributed by atoms with E-state index in [2.05, 4.69) is 0 Å². The average molecular weight is 477 g/mol. The van der Waals surface area contributed by atoms with Crippen molar-refractivity contribution in [1.82, 2.24) is 0 Å². The molecule has 0 heterocycles. The van der Waals surface area contributed by atoms with Crippen molar-refractivity contribution in [3.05, 3.63) is 63.8 Å². The van der Waals surface area contributed by atoms with Crippen LogP contribution in [-0.2, 0) is 24.5 Å². The Balaban J connectivity index is 1.34. The number of rotatable bonds is 7. The van der Waals surface area contributed by atoms with Gasteiger partial charge in [0.05, 0.1) is 23.7 Å². The Labute approximate surface area is 191 Å². The smallest absolute Gasteiger partial charge is 0.338 e. The number of Topliss-reactive ketones (excluding diaryl/α,β-unsaturated/α-hetero) is 1. The molecule has 0 amide bonds. The van der Waals surface area contributed by atoms with Crippen molar-refractivity contribution >= 4 is 22.0 Å². The van der Waals surface area contributed by atoms with Gasteiger partial charge in [-0.1, -0.05) is 5.57 Å². The highest BCUT2D eigenvalue weighted by Crippen LogP contribution is 2.64. The van der Waals surface area contributed by atoms with Gasteiger partial charge in [-0.15, -0.1) is 3.89 Å². The van der Waals surface area contributed by atoms with Crippen LogP contribution < -0.4 is 0 Å². The number of benzene rings is 1. The summed E-state index contributed by atoms with van der Waals surface area (Å²) in [5.74, 6) is -0.939. The Morgan fingerprint density at radius 1 is 1.15 bits per heavy atom. The minimum Gasteiger partial charge on any atom is -0.460 e. The number of hydrogen-bond acceptors (Lipinski definition) is 7. The van der Waals surface area contributed by atoms with Gasteiger partial charge in [0.2, 0.25) is 0 Å². The highest BCUT2D eigenvalue weighted by atomic mass is 32.3. The standard InChI is InChI=1S/C24H25FO7S/c1-14-12-18-20(15(2)24(8-9-24)23(3,28)21(18)26)19(14)13-31-10-11-32-22(27)16-4-6-17(7-5-16)33(25,29)30/h4-7,12,28H,8-11,13H2,1-3H3/t23-/m0/s1. The van der Waals surface area contributed by atoms with E-state index < -0.39 is 32.1 Å². The van der Waals surface area contributed by atoms with Crippen LogP contribution in [0.5, 0.6) is 0 Å². The third-order valence-electron chi connectivity index (χ3n) is 6.95. The second kappa shape index (κ2) is 8.00. The van der Waals surface area contributed by atoms with Crippen molar-refractivity contribution in [1.29, 1.82) is 0 Å². The number of carbonyl (C=O) groups excluding carboxylic acids is 2. The van der Waals surface area contributed by atoms with Gasteiger partial charge in [0.15, 0.2) is 5.78 Å². The highest BCUT2D eigenvalue weighted by Gasteiger charge is 2.65. The Bertz CT molecular complexity index is 1230. The van der Waals surface area contributed by atoms with Crippen LogP contribution in [0, 0.1) is 5.41 Å². The molecule has 1 saturated carbocycles. The quantitative estimate of drug-likeness (QED) is 0.366. The van der Waals surface area contributed by atoms with Gasteiger partial charge in [0, 0.05) is 11.0 Å². The summed E-state index contributed by atoms with van der Waals surface area (Å²) in [6, 6.07) is 4.34. The summed E-state index contributed by atoms with van der Waals surface area (Å²) < 4.78 is 45.5. The SMILES string of the molecule is CC1=C(COCCOC(=O)c2ccc(S(=O)(=O)F)cc2)C2=C(C)C3(CC3)[C@@](C)(O)C(=O)C2=C1. The molecule has 9 heteroatoms. The maximum atomic E-state index is 13.0. The van der Waals surface area contributed by atoms with Gasteiger partial charge in [0.25, 0.3) is 0 Å². The number of ether oxygens (including phenoxy) is 2. The predicted molar refractivity (Wildman–Crippen MR) is 117 cm³/mol. The number of allylic oxidation sites excluding steroid dienone is 2. The minimum atomic E-state index is -4.83. The first kappa shape index (κ1) is 23.5. The van der Waals surface area contributed by atoms with E-state index in [4.69, 9.17) is 9.47 Å². The number of ketones is 1. The molecule has 0 saturated heterocycles. The van der Waals surface area contributed by atoms with E-state index in [9.17, 15) is 27.0 Å². The first-order valence-corrected chi connectivity index (χ1v) is 12.0. The summed E-state index contributed by atoms with van der Waals surface area (Å²) in [7, 11) is -4.83. The number of esters is 1. The lowest BCUT2D eigenvalue weighted by Gasteiger charge is -2.39. The molecule has 1 spiro atoms. The van der Waals surface area contributed by atoms with E-state index in [-0.39, 0.29) is 31.2 Å². The van der Waals surface area contributed by atoms with Crippen LogP contribution in [0.1, 0.15) is 44.0 Å². The molecule has 1 atom stereocenters. The molecular formula is C24H25FO7S. The zero-order valence-corrected chi connectivity index (χ0v) is 19.4. The fourth-order valence-corrected chi connectivity index (χ4v) is 5.27. The predicted octanol–water partition coefficient (Wildman–Crippen LogP) is 3.21. The summed E-state index contributed by atoms with van der Waals surface area (Å²) in [5, 5.41) is 10.9. The number of aliphatic hydroxyl groups is 1. The number of hydrogen-bond donors (Lipinski definition) is 1. The lowest BCUT2D eigenvalue weighted by atomic mass is 9.67. The molecular weight excluding hydrogens is 451 g/mol. The van der Waals surface area contributed by atoms with Crippen LogP contribution in [0.25, 0.3) is 0 Å². The van der Waals surface area contributed by atoms with Crippen molar-refractivity contribution < 1.29 is 36.5 Å². The molecule has 0 bridgehead atoms. The topological polar surface area (TPSA) is 107 Å². The molecule has 3 aliphatic rings. The second-order valence-electron chi connectivity index (χ2n) is 8.85. The zero-order valence-electron chi connectivity index (χ0n) is 18.6. The molecule has 1 fully saturated rings. The Kier molecular flexibility index (Phi) is 5.71. The van der Waals surface area contributed by atoms with Gasteiger partial charge in [-0.2, -0.15) is 8.42 Å². The summed E-state index contributed by atoms with van der Waals surface area (Å²) in [5.41, 5.74) is 2.39. The Morgan fingerprint density at radius 3 is 2.36 bits per heavy atom. The van der Waals surface area contributed by atoms with Gasteiger partial charge < -0.3 is 14.6 Å². The molecule has 0 unspecified atom stereocenters. The molecule has 0 radical (unpaired) electrons. The van der Waals surface area contributed by atoms with Crippen molar-refractivity contribution in [2.24, 2.45) is 5.41 Å². The molecule has 4 rings (SSSR count). The fourth-order valence-electron chi connectivity index (χ4n) is 4.80. The first-order valence-electron chi connectivity index (χ1n) is 10.6. The van der Waals surface area contributed by atoms with E-state index in [1.807, 2.05) is 13.8 Å². The lowest BCUT2D eigenvalue weighted by molar-refractivity contribution is -0.137. The molecule has 1 aromatic rings. The van der Waals surface area contributed by atoms with Gasteiger partial charge in [-0.05, 0) is 80.7 Å². The summed E-state index contributed by atoms with van der Waals surface area (Å²) in [4.78, 5) is 24.5. The van der Waals surface area contributed by atoms with E-state index in [1.165, 1.54) is 12.1 Å². The maximum absolute atomic E-state index is 13.0. The molecule has 7 nitrogen and oxygen atoms in total. The van der Waals surface area contributed by atoms with Crippen LogP contribution in [0.15, 0.2) is 63.1 Å². The zero-order chi connectivity index (χ0) is 24.2. The number of halogens is 1. The second-order valence-corrected chi connectivity index (χ2v) is 10.2. The van der Waals surface area contributed by atoms with Crippen LogP contribution in [-0.4, -0.2) is 50.7 Å². The van der Waals surface area contributed by atoms with Crippen LogP contribution >= 0.6 is 0 Å². The van der Waals surface area contributed by atoms with Gasteiger partial charge in [-0.25, -0.2) is 4.79 Å². The molecule has 0 aromatic heterocycles. The van der Waals surface area contributed by atoms with Crippen LogP contribution in [0.2, 0.25) is 0 Å². The third kappa shape index (κ3) is 3.88. The highest BCUT2D eigenvalue weighted by molar-refractivity contribution is 7.86. The van der Waals surface area contributed by atoms with E-state index in [0.717, 1.165) is 47.3 Å². The molecule has 1 N–H and O–H groups in total. The maximum Gasteiger partial charge on any atom is 0.338 e. The average Bonchev–Trinajstić information content (AvgIpc) is 3.51. The molecule has 3 aliphatic carbocycles. The summed E-state index contributed by atoms with van der Waals surface area (Å²) >= 11 is 0. The van der Waals surface area contributed by atoms with Crippen LogP contribution in [0.3, 0.4) is 0 Å². The van der Waals surface area contributed by atoms with Crippen molar-refractivity contribution in [3.8, 4) is 0 Å². The lowest BCUT2D eigenvalue weighted by Crippen LogP contribution is -2.49. The number of carbonyl (C=O) groups is 2. The monoisotopic (exact) mass is 476 g/mol. The minimum absolute atomic E-state index is 0.0375. The Morgan fingerprint density at radius 2 is 1.79 bits per heavy atom. The van der Waals surface area contributed by atoms with Gasteiger partial charge in [0.1, 0.15) is 12.2 Å². The van der Waals surface area contributed by atoms with E-state index in [0.29, 0.717) is 5.57 Å². The van der Waals surface area contributed by atoms with Crippen molar-refractivity contribution in [3.63, 3.8) is 0 Å². The van der Waals surface area contributed by atoms with Crippen molar-refractivity contribution in [2.45, 2.75) is 44.1 Å².